The van der Waals surface area contributed by atoms with E-state index in [1.807, 2.05) is 17.7 Å². The molecule has 2 aromatic rings. The second kappa shape index (κ2) is 5.77. The molecule has 0 saturated carbocycles. The summed E-state index contributed by atoms with van der Waals surface area (Å²) in [4.78, 5) is 4.89. The monoisotopic (exact) mass is 309 g/mol. The number of hydrogen-bond acceptors (Lipinski definition) is 4. The van der Waals surface area contributed by atoms with E-state index in [1.165, 1.54) is 6.26 Å². The number of fused-ring (bicyclic) bond motifs is 1. The van der Waals surface area contributed by atoms with Crippen LogP contribution in [0.2, 0.25) is 0 Å². The third-order valence-electron chi connectivity index (χ3n) is 3.71. The lowest BCUT2D eigenvalue weighted by atomic mass is 9.96. The van der Waals surface area contributed by atoms with Gasteiger partial charge in [0, 0.05) is 25.8 Å². The number of hydrogen-bond donors (Lipinski definition) is 1. The van der Waals surface area contributed by atoms with E-state index in [2.05, 4.69) is 18.8 Å². The summed E-state index contributed by atoms with van der Waals surface area (Å²) in [6.07, 6.45) is 2.15. The van der Waals surface area contributed by atoms with Gasteiger partial charge in [0.1, 0.15) is 11.3 Å². The molecule has 1 heterocycles. The largest absolute Gasteiger partial charge is 0.331 e. The van der Waals surface area contributed by atoms with Crippen LogP contribution < -0.4 is 5.73 Å². The molecule has 21 heavy (non-hydrogen) atoms. The molecule has 0 fully saturated rings. The van der Waals surface area contributed by atoms with Crippen LogP contribution in [0.5, 0.6) is 0 Å². The fourth-order valence-corrected chi connectivity index (χ4v) is 3.57. The Bertz CT molecular complexity index is 748. The zero-order valence-corrected chi connectivity index (χ0v) is 13.8. The fraction of sp³-hybridized carbons (Fsp3) is 0.533. The van der Waals surface area contributed by atoms with Gasteiger partial charge in [0.15, 0.2) is 9.84 Å². The van der Waals surface area contributed by atoms with E-state index >= 15 is 0 Å². The number of rotatable bonds is 5. The summed E-state index contributed by atoms with van der Waals surface area (Å²) in [5.74, 6) is 1.50. The van der Waals surface area contributed by atoms with Gasteiger partial charge in [-0.3, -0.25) is 0 Å². The Morgan fingerprint density at radius 1 is 1.33 bits per heavy atom. The number of nitrogens with zero attached hydrogens (tertiary/aromatic N) is 2. The van der Waals surface area contributed by atoms with Crippen molar-refractivity contribution in [1.82, 2.24) is 9.55 Å². The first-order chi connectivity index (χ1) is 9.75. The molecular formula is C15H23N3O2S. The fourth-order valence-electron chi connectivity index (χ4n) is 2.75. The zero-order chi connectivity index (χ0) is 15.8. The van der Waals surface area contributed by atoms with Crippen molar-refractivity contribution in [2.24, 2.45) is 18.7 Å². The summed E-state index contributed by atoms with van der Waals surface area (Å²) >= 11 is 0. The maximum Gasteiger partial charge on any atom is 0.177 e. The smallest absolute Gasteiger partial charge is 0.177 e. The minimum atomic E-state index is -3.30. The van der Waals surface area contributed by atoms with E-state index in [0.29, 0.717) is 18.0 Å². The Morgan fingerprint density at radius 3 is 2.52 bits per heavy atom. The molecular weight excluding hydrogens is 286 g/mol. The van der Waals surface area contributed by atoms with Gasteiger partial charge in [-0.25, -0.2) is 13.4 Å². The van der Waals surface area contributed by atoms with Crippen molar-refractivity contribution in [2.75, 3.05) is 12.8 Å². The van der Waals surface area contributed by atoms with Gasteiger partial charge in [-0.05, 0) is 24.5 Å². The number of para-hydroxylation sites is 1. The van der Waals surface area contributed by atoms with E-state index in [1.54, 1.807) is 12.1 Å². The lowest BCUT2D eigenvalue weighted by molar-refractivity contribution is 0.480. The van der Waals surface area contributed by atoms with Crippen LogP contribution in [0.25, 0.3) is 11.0 Å². The van der Waals surface area contributed by atoms with E-state index < -0.39 is 9.84 Å². The zero-order valence-electron chi connectivity index (χ0n) is 13.0. The van der Waals surface area contributed by atoms with Gasteiger partial charge < -0.3 is 10.3 Å². The van der Waals surface area contributed by atoms with Crippen molar-refractivity contribution in [1.29, 1.82) is 0 Å². The molecule has 6 heteroatoms. The molecule has 0 aliphatic heterocycles. The number of aromatic nitrogens is 2. The first kappa shape index (κ1) is 16.0. The highest BCUT2D eigenvalue weighted by Gasteiger charge is 2.22. The molecule has 0 amide bonds. The van der Waals surface area contributed by atoms with Crippen LogP contribution in [-0.2, 0) is 16.9 Å². The SMILES string of the molecule is CC(C)CC(CN)c1nc2c(S(C)(=O)=O)cccc2n1C. The van der Waals surface area contributed by atoms with E-state index in [0.717, 1.165) is 17.8 Å². The molecule has 0 saturated heterocycles. The second-order valence-electron chi connectivity index (χ2n) is 5.99. The molecule has 116 valence electrons. The Morgan fingerprint density at radius 2 is 2.00 bits per heavy atom. The molecule has 0 aliphatic rings. The van der Waals surface area contributed by atoms with Gasteiger partial charge >= 0.3 is 0 Å². The van der Waals surface area contributed by atoms with E-state index in [4.69, 9.17) is 5.73 Å². The highest BCUT2D eigenvalue weighted by molar-refractivity contribution is 7.91. The molecule has 2 N–H and O–H groups in total. The first-order valence-corrected chi connectivity index (χ1v) is 9.00. The Balaban J connectivity index is 2.65. The normalized spacial score (nSPS) is 14.0. The Labute approximate surface area is 126 Å². The van der Waals surface area contributed by atoms with Crippen molar-refractivity contribution in [2.45, 2.75) is 31.1 Å². The summed E-state index contributed by atoms with van der Waals surface area (Å²) in [6, 6.07) is 5.25. The molecule has 1 aromatic heterocycles. The van der Waals surface area contributed by atoms with Crippen molar-refractivity contribution < 1.29 is 8.42 Å². The van der Waals surface area contributed by atoms with Gasteiger partial charge in [0.2, 0.25) is 0 Å². The molecule has 5 nitrogen and oxygen atoms in total. The predicted octanol–water partition coefficient (Wildman–Crippen LogP) is 2.07. The van der Waals surface area contributed by atoms with Crippen LogP contribution in [0.1, 0.15) is 32.0 Å². The van der Waals surface area contributed by atoms with Gasteiger partial charge in [-0.15, -0.1) is 0 Å². The molecule has 1 unspecified atom stereocenters. The highest BCUT2D eigenvalue weighted by Crippen LogP contribution is 2.28. The quantitative estimate of drug-likeness (QED) is 0.917. The molecule has 0 spiro atoms. The van der Waals surface area contributed by atoms with Gasteiger partial charge in [-0.2, -0.15) is 0 Å². The number of benzene rings is 1. The number of aryl methyl sites for hydroxylation is 1. The van der Waals surface area contributed by atoms with Crippen molar-refractivity contribution in [3.05, 3.63) is 24.0 Å². The number of nitrogens with two attached hydrogens (primary N) is 1. The van der Waals surface area contributed by atoms with Crippen molar-refractivity contribution in [3.63, 3.8) is 0 Å². The summed E-state index contributed by atoms with van der Waals surface area (Å²) in [7, 11) is -1.38. The van der Waals surface area contributed by atoms with E-state index in [9.17, 15) is 8.42 Å². The average molecular weight is 309 g/mol. The van der Waals surface area contributed by atoms with Crippen LogP contribution in [0.15, 0.2) is 23.1 Å². The second-order valence-corrected chi connectivity index (χ2v) is 7.97. The van der Waals surface area contributed by atoms with Crippen molar-refractivity contribution >= 4 is 20.9 Å². The third kappa shape index (κ3) is 3.11. The standard InChI is InChI=1S/C15H23N3O2S/c1-10(2)8-11(9-16)15-17-14-12(18(15)3)6-5-7-13(14)21(4,19)20/h5-7,10-11H,8-9,16H2,1-4H3. The molecule has 2 rings (SSSR count). The molecule has 0 aliphatic carbocycles. The summed E-state index contributed by atoms with van der Waals surface area (Å²) < 4.78 is 25.8. The predicted molar refractivity (Wildman–Crippen MR) is 85.1 cm³/mol. The van der Waals surface area contributed by atoms with Crippen LogP contribution in [0.3, 0.4) is 0 Å². The third-order valence-corrected chi connectivity index (χ3v) is 4.84. The van der Waals surface area contributed by atoms with Gasteiger partial charge in [0.25, 0.3) is 0 Å². The van der Waals surface area contributed by atoms with Gasteiger partial charge in [-0.1, -0.05) is 19.9 Å². The Hall–Kier alpha value is -1.40. The number of sulfone groups is 1. The summed E-state index contributed by atoms with van der Waals surface area (Å²) in [5.41, 5.74) is 7.27. The molecule has 0 radical (unpaired) electrons. The maximum absolute atomic E-state index is 11.9. The first-order valence-electron chi connectivity index (χ1n) is 7.11. The Kier molecular flexibility index (Phi) is 4.39. The van der Waals surface area contributed by atoms with E-state index in [-0.39, 0.29) is 10.8 Å². The average Bonchev–Trinajstić information content (AvgIpc) is 2.72. The van der Waals surface area contributed by atoms with Crippen LogP contribution >= 0.6 is 0 Å². The molecule has 0 bridgehead atoms. The van der Waals surface area contributed by atoms with Crippen LogP contribution in [0.4, 0.5) is 0 Å². The van der Waals surface area contributed by atoms with Gasteiger partial charge in [0.05, 0.1) is 10.4 Å². The minimum absolute atomic E-state index is 0.134. The lowest BCUT2D eigenvalue weighted by Gasteiger charge is -2.16. The lowest BCUT2D eigenvalue weighted by Crippen LogP contribution is -2.18. The summed E-state index contributed by atoms with van der Waals surface area (Å²) in [5, 5.41) is 0. The molecule has 1 atom stereocenters. The van der Waals surface area contributed by atoms with Crippen LogP contribution in [0, 0.1) is 5.92 Å². The van der Waals surface area contributed by atoms with Crippen LogP contribution in [-0.4, -0.2) is 30.8 Å². The number of imidazole rings is 1. The topological polar surface area (TPSA) is 78.0 Å². The maximum atomic E-state index is 11.9. The van der Waals surface area contributed by atoms with Crippen molar-refractivity contribution in [3.8, 4) is 0 Å². The molecule has 1 aromatic carbocycles. The minimum Gasteiger partial charge on any atom is -0.331 e. The highest BCUT2D eigenvalue weighted by atomic mass is 32.2. The summed E-state index contributed by atoms with van der Waals surface area (Å²) in [6.45, 7) is 4.80.